The first kappa shape index (κ1) is 11.2. The molecule has 0 fully saturated rings. The number of allylic oxidation sites excluding steroid dienone is 5. The summed E-state index contributed by atoms with van der Waals surface area (Å²) in [6, 6.07) is 0. The van der Waals surface area contributed by atoms with Crippen LogP contribution in [0.15, 0.2) is 41.7 Å². The predicted octanol–water partition coefficient (Wildman–Crippen LogP) is 1.72. The molecule has 0 aromatic rings. The van der Waals surface area contributed by atoms with E-state index in [1.165, 1.54) is 0 Å². The quantitative estimate of drug-likeness (QED) is 0.398. The second kappa shape index (κ2) is 5.78. The molecule has 0 radical (unpaired) electrons. The third-order valence-electron chi connectivity index (χ3n) is 1.76. The summed E-state index contributed by atoms with van der Waals surface area (Å²) in [5, 5.41) is 0. The van der Waals surface area contributed by atoms with Crippen molar-refractivity contribution < 1.29 is 14.3 Å². The highest BCUT2D eigenvalue weighted by molar-refractivity contribution is 6.07. The van der Waals surface area contributed by atoms with Crippen LogP contribution < -0.4 is 0 Å². The van der Waals surface area contributed by atoms with Crippen LogP contribution in [0.4, 0.5) is 0 Å². The molecule has 0 unspecified atom stereocenters. The summed E-state index contributed by atoms with van der Waals surface area (Å²) in [7, 11) is 0. The number of esters is 1. The zero-order chi connectivity index (χ0) is 11.1. The molecule has 0 saturated carbocycles. The Morgan fingerprint density at radius 2 is 2.20 bits per heavy atom. The summed E-state index contributed by atoms with van der Waals surface area (Å²) in [5.74, 6) is -0.726. The minimum Gasteiger partial charge on any atom is -0.466 e. The predicted molar refractivity (Wildman–Crippen MR) is 56.1 cm³/mol. The van der Waals surface area contributed by atoms with Gasteiger partial charge in [-0.3, -0.25) is 9.59 Å². The monoisotopic (exact) mass is 204 g/mol. The lowest BCUT2D eigenvalue weighted by Gasteiger charge is -2.01. The standard InChI is InChI=1S/C12H12O3/c1-2-15-12(14)9-11(13)10-7-5-3-4-6-8-10/h3,5-8H,2,9H2,1H3. The SMILES string of the molecule is CCOC(=O)CC(=O)C1=CC=C=CC=C1. The van der Waals surface area contributed by atoms with Crippen LogP contribution in [0, 0.1) is 0 Å². The van der Waals surface area contributed by atoms with Crippen molar-refractivity contribution in [1.29, 1.82) is 0 Å². The first-order valence-corrected chi connectivity index (χ1v) is 4.72. The number of ether oxygens (including phenoxy) is 1. The van der Waals surface area contributed by atoms with Gasteiger partial charge >= 0.3 is 5.97 Å². The zero-order valence-electron chi connectivity index (χ0n) is 8.53. The number of rotatable bonds is 4. The fraction of sp³-hybridized carbons (Fsp3) is 0.250. The van der Waals surface area contributed by atoms with Crippen LogP contribution >= 0.6 is 0 Å². The molecular weight excluding hydrogens is 192 g/mol. The number of carbonyl (C=O) groups excluding carboxylic acids is 2. The third-order valence-corrected chi connectivity index (χ3v) is 1.76. The van der Waals surface area contributed by atoms with Gasteiger partial charge in [-0.05, 0) is 25.2 Å². The van der Waals surface area contributed by atoms with Crippen LogP contribution in [0.3, 0.4) is 0 Å². The summed E-state index contributed by atoms with van der Waals surface area (Å²) in [5.41, 5.74) is 3.32. The highest BCUT2D eigenvalue weighted by Gasteiger charge is 2.12. The Balaban J connectivity index is 2.58. The third kappa shape index (κ3) is 3.79. The van der Waals surface area contributed by atoms with E-state index in [1.807, 2.05) is 0 Å². The van der Waals surface area contributed by atoms with E-state index in [1.54, 1.807) is 37.3 Å². The Morgan fingerprint density at radius 1 is 1.40 bits per heavy atom. The van der Waals surface area contributed by atoms with Gasteiger partial charge in [0.05, 0.1) is 6.61 Å². The van der Waals surface area contributed by atoms with Crippen molar-refractivity contribution in [2.45, 2.75) is 13.3 Å². The molecule has 3 nitrogen and oxygen atoms in total. The van der Waals surface area contributed by atoms with Gasteiger partial charge in [0.25, 0.3) is 0 Å². The lowest BCUT2D eigenvalue weighted by atomic mass is 10.1. The molecule has 0 aliphatic heterocycles. The highest BCUT2D eigenvalue weighted by atomic mass is 16.5. The van der Waals surface area contributed by atoms with Crippen LogP contribution in [0.2, 0.25) is 0 Å². The van der Waals surface area contributed by atoms with E-state index in [2.05, 4.69) is 10.5 Å². The highest BCUT2D eigenvalue weighted by Crippen LogP contribution is 2.06. The minimum atomic E-state index is -0.488. The molecular formula is C12H12O3. The fourth-order valence-electron chi connectivity index (χ4n) is 1.09. The molecule has 1 aliphatic carbocycles. The number of hydrogen-bond acceptors (Lipinski definition) is 3. The van der Waals surface area contributed by atoms with Crippen LogP contribution in [-0.2, 0) is 14.3 Å². The van der Waals surface area contributed by atoms with Gasteiger partial charge in [0.1, 0.15) is 6.42 Å². The Labute approximate surface area is 88.4 Å². The molecule has 0 amide bonds. The maximum atomic E-state index is 11.6. The molecule has 0 aromatic carbocycles. The van der Waals surface area contributed by atoms with Crippen LogP contribution in [0.25, 0.3) is 0 Å². The van der Waals surface area contributed by atoms with Gasteiger partial charge in [0, 0.05) is 5.57 Å². The number of carbonyl (C=O) groups is 2. The maximum absolute atomic E-state index is 11.6. The van der Waals surface area contributed by atoms with Crippen LogP contribution in [0.5, 0.6) is 0 Å². The van der Waals surface area contributed by atoms with Gasteiger partial charge in [-0.15, -0.1) is 5.73 Å². The molecule has 0 heterocycles. The number of ketones is 1. The van der Waals surface area contributed by atoms with Crippen molar-refractivity contribution in [2.24, 2.45) is 0 Å². The van der Waals surface area contributed by atoms with Crippen molar-refractivity contribution in [3.8, 4) is 0 Å². The Bertz CT molecular complexity index is 380. The Kier molecular flexibility index (Phi) is 4.32. The molecule has 0 atom stereocenters. The van der Waals surface area contributed by atoms with Gasteiger partial charge in [-0.1, -0.05) is 12.2 Å². The first-order valence-electron chi connectivity index (χ1n) is 4.72. The van der Waals surface area contributed by atoms with Gasteiger partial charge < -0.3 is 4.74 Å². The second-order valence-electron chi connectivity index (χ2n) is 2.89. The number of hydrogen-bond donors (Lipinski definition) is 0. The smallest absolute Gasteiger partial charge is 0.313 e. The summed E-state index contributed by atoms with van der Waals surface area (Å²) >= 11 is 0. The summed E-state index contributed by atoms with van der Waals surface area (Å²) < 4.78 is 4.69. The van der Waals surface area contributed by atoms with E-state index in [4.69, 9.17) is 0 Å². The van der Waals surface area contributed by atoms with Crippen LogP contribution in [-0.4, -0.2) is 18.4 Å². The van der Waals surface area contributed by atoms with E-state index in [0.29, 0.717) is 12.2 Å². The first-order chi connectivity index (χ1) is 7.24. The summed E-state index contributed by atoms with van der Waals surface area (Å²) in [6.07, 6.45) is 8.11. The summed E-state index contributed by atoms with van der Waals surface area (Å²) in [4.78, 5) is 22.6. The molecule has 78 valence electrons. The van der Waals surface area contributed by atoms with Crippen molar-refractivity contribution in [3.63, 3.8) is 0 Å². The van der Waals surface area contributed by atoms with E-state index in [-0.39, 0.29) is 12.2 Å². The topological polar surface area (TPSA) is 43.4 Å². The molecule has 1 rings (SSSR count). The molecule has 0 spiro atoms. The lowest BCUT2D eigenvalue weighted by molar-refractivity contribution is -0.144. The molecule has 1 aliphatic rings. The molecule has 0 saturated heterocycles. The zero-order valence-corrected chi connectivity index (χ0v) is 8.53. The normalized spacial score (nSPS) is 13.3. The van der Waals surface area contributed by atoms with Gasteiger partial charge in [-0.25, -0.2) is 0 Å². The Hall–Kier alpha value is -1.86. The maximum Gasteiger partial charge on any atom is 0.313 e. The van der Waals surface area contributed by atoms with E-state index in [9.17, 15) is 9.59 Å². The number of Topliss-reactive ketones (excluding diaryl/α,β-unsaturated/α-hetero) is 1. The van der Waals surface area contributed by atoms with Crippen molar-refractivity contribution in [2.75, 3.05) is 6.61 Å². The molecule has 0 aromatic heterocycles. The van der Waals surface area contributed by atoms with E-state index < -0.39 is 5.97 Å². The van der Waals surface area contributed by atoms with Crippen LogP contribution in [0.1, 0.15) is 13.3 Å². The van der Waals surface area contributed by atoms with E-state index in [0.717, 1.165) is 0 Å². The second-order valence-corrected chi connectivity index (χ2v) is 2.89. The molecule has 0 bridgehead atoms. The Morgan fingerprint density at radius 3 is 2.93 bits per heavy atom. The van der Waals surface area contributed by atoms with Crippen molar-refractivity contribution >= 4 is 11.8 Å². The largest absolute Gasteiger partial charge is 0.466 e. The molecule has 3 heteroatoms. The van der Waals surface area contributed by atoms with Gasteiger partial charge in [-0.2, -0.15) is 0 Å². The van der Waals surface area contributed by atoms with Gasteiger partial charge in [0.15, 0.2) is 5.78 Å². The van der Waals surface area contributed by atoms with E-state index >= 15 is 0 Å². The van der Waals surface area contributed by atoms with Gasteiger partial charge in [0.2, 0.25) is 0 Å². The average Bonchev–Trinajstić information content (AvgIpc) is 2.45. The molecule has 0 N–H and O–H groups in total. The fourth-order valence-corrected chi connectivity index (χ4v) is 1.09. The molecule has 15 heavy (non-hydrogen) atoms. The van der Waals surface area contributed by atoms with Crippen molar-refractivity contribution in [1.82, 2.24) is 0 Å². The average molecular weight is 204 g/mol. The van der Waals surface area contributed by atoms with Crippen molar-refractivity contribution in [3.05, 3.63) is 41.7 Å². The summed E-state index contributed by atoms with van der Waals surface area (Å²) in [6.45, 7) is 2.00. The minimum absolute atomic E-state index is 0.210. The lowest BCUT2D eigenvalue weighted by Crippen LogP contribution is -2.12.